The first-order valence-electron chi connectivity index (χ1n) is 7.32. The van der Waals surface area contributed by atoms with Gasteiger partial charge in [0, 0.05) is 24.2 Å². The van der Waals surface area contributed by atoms with Crippen molar-refractivity contribution in [3.63, 3.8) is 0 Å². The third-order valence-corrected chi connectivity index (χ3v) is 3.78. The van der Waals surface area contributed by atoms with Gasteiger partial charge in [0.2, 0.25) is 0 Å². The smallest absolute Gasteiger partial charge is 0.0640 e. The highest BCUT2D eigenvalue weighted by Crippen LogP contribution is 2.20. The van der Waals surface area contributed by atoms with Crippen LogP contribution in [0.5, 0.6) is 0 Å². The van der Waals surface area contributed by atoms with Crippen LogP contribution in [0.3, 0.4) is 0 Å². The topological polar surface area (TPSA) is 25.2 Å². The van der Waals surface area contributed by atoms with E-state index in [-0.39, 0.29) is 0 Å². The molecule has 2 heteroatoms. The maximum Gasteiger partial charge on any atom is 0.0640 e. The van der Waals surface area contributed by atoms with Gasteiger partial charge in [-0.05, 0) is 46.5 Å². The minimum atomic E-state index is 0.590. The fourth-order valence-corrected chi connectivity index (χ4v) is 2.50. The van der Waals surface area contributed by atoms with Gasteiger partial charge in [-0.3, -0.25) is 9.98 Å². The van der Waals surface area contributed by atoms with Crippen LogP contribution in [0.1, 0.15) is 16.7 Å². The first-order valence-corrected chi connectivity index (χ1v) is 7.32. The molecule has 0 aliphatic rings. The van der Waals surface area contributed by atoms with E-state index in [0.717, 1.165) is 11.1 Å². The highest BCUT2D eigenvalue weighted by molar-refractivity contribution is 6.01. The summed E-state index contributed by atoms with van der Waals surface area (Å²) in [4.78, 5) is 8.61. The van der Waals surface area contributed by atoms with Crippen LogP contribution >= 0.6 is 0 Å². The lowest BCUT2D eigenvalue weighted by atomic mass is 10.0. The Morgan fingerprint density at radius 1 is 1.09 bits per heavy atom. The summed E-state index contributed by atoms with van der Waals surface area (Å²) in [5, 5.41) is 2.48. The summed E-state index contributed by atoms with van der Waals surface area (Å²) < 4.78 is 0. The molecule has 0 unspecified atom stereocenters. The molecular formula is C20H18N2. The molecule has 0 bridgehead atoms. The Morgan fingerprint density at radius 3 is 2.68 bits per heavy atom. The molecule has 3 aromatic rings. The number of benzene rings is 2. The maximum atomic E-state index is 4.58. The zero-order valence-electron chi connectivity index (χ0n) is 12.7. The van der Waals surface area contributed by atoms with Crippen molar-refractivity contribution in [3.8, 4) is 0 Å². The molecule has 0 fully saturated rings. The van der Waals surface area contributed by atoms with Crippen molar-refractivity contribution >= 4 is 22.6 Å². The van der Waals surface area contributed by atoms with Gasteiger partial charge in [-0.25, -0.2) is 0 Å². The number of fused-ring (bicyclic) bond motifs is 1. The van der Waals surface area contributed by atoms with Gasteiger partial charge in [0.05, 0.1) is 6.54 Å². The number of rotatable bonds is 4. The number of hydrogen-bond acceptors (Lipinski definition) is 2. The molecule has 2 nitrogen and oxygen atoms in total. The Balaban J connectivity index is 1.84. The lowest BCUT2D eigenvalue weighted by Crippen LogP contribution is -1.93. The molecule has 1 heterocycles. The van der Waals surface area contributed by atoms with Crippen molar-refractivity contribution in [2.45, 2.75) is 6.92 Å². The van der Waals surface area contributed by atoms with E-state index in [1.54, 1.807) is 12.4 Å². The second-order valence-electron chi connectivity index (χ2n) is 5.33. The highest BCUT2D eigenvalue weighted by Gasteiger charge is 2.02. The van der Waals surface area contributed by atoms with Crippen molar-refractivity contribution in [1.29, 1.82) is 0 Å². The van der Waals surface area contributed by atoms with Gasteiger partial charge < -0.3 is 0 Å². The summed E-state index contributed by atoms with van der Waals surface area (Å²) in [5.74, 6) is 0. The largest absolute Gasteiger partial charge is 0.288 e. The van der Waals surface area contributed by atoms with Gasteiger partial charge >= 0.3 is 0 Å². The number of aromatic nitrogens is 1. The maximum absolute atomic E-state index is 4.58. The van der Waals surface area contributed by atoms with E-state index < -0.39 is 0 Å². The molecule has 0 aliphatic heterocycles. The molecule has 0 aliphatic carbocycles. The van der Waals surface area contributed by atoms with Gasteiger partial charge in [-0.1, -0.05) is 43.0 Å². The normalized spacial score (nSPS) is 11.1. The van der Waals surface area contributed by atoms with Crippen molar-refractivity contribution in [3.05, 3.63) is 84.2 Å². The molecule has 2 aromatic carbocycles. The molecule has 1 aromatic heterocycles. The summed E-state index contributed by atoms with van der Waals surface area (Å²) in [6.45, 7) is 6.81. The number of aliphatic imine (C=N–C) groups is 1. The molecule has 0 spiro atoms. The van der Waals surface area contributed by atoms with Gasteiger partial charge in [0.15, 0.2) is 0 Å². The molecule has 22 heavy (non-hydrogen) atoms. The van der Waals surface area contributed by atoms with Crippen LogP contribution in [0.15, 0.2) is 72.5 Å². The second-order valence-corrected chi connectivity index (χ2v) is 5.33. The quantitative estimate of drug-likeness (QED) is 0.639. The average molecular weight is 286 g/mol. The Labute approximate surface area is 130 Å². The SMILES string of the molecule is C=C(C/N=C/c1c(C)ccc2ccccc12)c1ccncc1. The first-order chi connectivity index (χ1) is 10.8. The van der Waals surface area contributed by atoms with E-state index >= 15 is 0 Å². The summed E-state index contributed by atoms with van der Waals surface area (Å²) in [6, 6.07) is 16.6. The number of hydrogen-bond donors (Lipinski definition) is 0. The molecule has 0 saturated carbocycles. The van der Waals surface area contributed by atoms with Gasteiger partial charge in [0.25, 0.3) is 0 Å². The Kier molecular flexibility index (Phi) is 4.10. The van der Waals surface area contributed by atoms with Crippen LogP contribution in [0.4, 0.5) is 0 Å². The van der Waals surface area contributed by atoms with Gasteiger partial charge in [-0.15, -0.1) is 0 Å². The molecule has 0 amide bonds. The summed E-state index contributed by atoms with van der Waals surface area (Å²) in [5.41, 5.74) is 4.50. The number of aryl methyl sites for hydroxylation is 1. The number of nitrogens with zero attached hydrogens (tertiary/aromatic N) is 2. The van der Waals surface area contributed by atoms with Gasteiger partial charge in [0.1, 0.15) is 0 Å². The van der Waals surface area contributed by atoms with Gasteiger partial charge in [-0.2, -0.15) is 0 Å². The van der Waals surface area contributed by atoms with Crippen LogP contribution < -0.4 is 0 Å². The summed E-state index contributed by atoms with van der Waals surface area (Å²) in [6.07, 6.45) is 5.52. The highest BCUT2D eigenvalue weighted by atomic mass is 14.7. The van der Waals surface area contributed by atoms with Crippen LogP contribution in [0.25, 0.3) is 16.3 Å². The van der Waals surface area contributed by atoms with E-state index in [9.17, 15) is 0 Å². The third kappa shape index (κ3) is 2.96. The number of pyridine rings is 1. The van der Waals surface area contributed by atoms with E-state index in [4.69, 9.17) is 0 Å². The molecule has 0 atom stereocenters. The van der Waals surface area contributed by atoms with E-state index in [1.165, 1.54) is 21.9 Å². The minimum absolute atomic E-state index is 0.590. The Hall–Kier alpha value is -2.74. The lowest BCUT2D eigenvalue weighted by Gasteiger charge is -2.06. The van der Waals surface area contributed by atoms with E-state index in [1.807, 2.05) is 18.3 Å². The molecule has 3 rings (SSSR count). The fraction of sp³-hybridized carbons (Fsp3) is 0.100. The van der Waals surface area contributed by atoms with Crippen LogP contribution in [0, 0.1) is 6.92 Å². The second kappa shape index (κ2) is 6.35. The van der Waals surface area contributed by atoms with Crippen LogP contribution in [-0.4, -0.2) is 17.7 Å². The molecule has 0 radical (unpaired) electrons. The van der Waals surface area contributed by atoms with E-state index in [2.05, 4.69) is 59.9 Å². The Morgan fingerprint density at radius 2 is 1.86 bits per heavy atom. The van der Waals surface area contributed by atoms with Crippen molar-refractivity contribution in [1.82, 2.24) is 4.98 Å². The van der Waals surface area contributed by atoms with Crippen molar-refractivity contribution < 1.29 is 0 Å². The van der Waals surface area contributed by atoms with Crippen LogP contribution in [-0.2, 0) is 0 Å². The van der Waals surface area contributed by atoms with E-state index in [0.29, 0.717) is 6.54 Å². The average Bonchev–Trinajstić information content (AvgIpc) is 2.57. The van der Waals surface area contributed by atoms with Crippen molar-refractivity contribution in [2.75, 3.05) is 6.54 Å². The van der Waals surface area contributed by atoms with Crippen molar-refractivity contribution in [2.24, 2.45) is 4.99 Å². The molecule has 108 valence electrons. The predicted octanol–water partition coefficient (Wildman–Crippen LogP) is 4.68. The minimum Gasteiger partial charge on any atom is -0.288 e. The lowest BCUT2D eigenvalue weighted by molar-refractivity contribution is 1.25. The zero-order chi connectivity index (χ0) is 15.4. The predicted molar refractivity (Wildman–Crippen MR) is 94.4 cm³/mol. The first kappa shape index (κ1) is 14.2. The van der Waals surface area contributed by atoms with Crippen LogP contribution in [0.2, 0.25) is 0 Å². The Bertz CT molecular complexity index is 833. The monoisotopic (exact) mass is 286 g/mol. The molecule has 0 saturated heterocycles. The fourth-order valence-electron chi connectivity index (χ4n) is 2.50. The zero-order valence-corrected chi connectivity index (χ0v) is 12.7. The third-order valence-electron chi connectivity index (χ3n) is 3.78. The molecule has 0 N–H and O–H groups in total. The standard InChI is InChI=1S/C20H18N2/c1-15-7-8-18-5-3-4-6-19(18)20(15)14-22-13-16(2)17-9-11-21-12-10-17/h3-12,14H,2,13H2,1H3/b22-14+. The summed E-state index contributed by atoms with van der Waals surface area (Å²) in [7, 11) is 0. The summed E-state index contributed by atoms with van der Waals surface area (Å²) >= 11 is 0. The molecular weight excluding hydrogens is 268 g/mol.